The highest BCUT2D eigenvalue weighted by molar-refractivity contribution is 5.85. The second kappa shape index (κ2) is 8.73. The van der Waals surface area contributed by atoms with E-state index in [0.29, 0.717) is 5.75 Å². The number of carbonyl (C=O) groups is 2. The minimum Gasteiger partial charge on any atom is -0.497 e. The molecule has 0 spiro atoms. The summed E-state index contributed by atoms with van der Waals surface area (Å²) in [4.78, 5) is 23.7. The number of nitrogens with one attached hydrogen (secondary N) is 3. The highest BCUT2D eigenvalue weighted by Gasteiger charge is 2.07. The summed E-state index contributed by atoms with van der Waals surface area (Å²) < 4.78 is 5.12. The van der Waals surface area contributed by atoms with E-state index in [1.165, 1.54) is 0 Å². The molecule has 2 aromatic rings. The van der Waals surface area contributed by atoms with Gasteiger partial charge >= 0.3 is 0 Å². The van der Waals surface area contributed by atoms with Crippen molar-refractivity contribution in [2.24, 2.45) is 0 Å². The molecule has 0 radical (unpaired) electrons. The van der Waals surface area contributed by atoms with Crippen molar-refractivity contribution in [3.05, 3.63) is 59.2 Å². The molecule has 2 amide bonds. The molecule has 0 unspecified atom stereocenters. The van der Waals surface area contributed by atoms with Crippen molar-refractivity contribution in [3.8, 4) is 5.75 Å². The van der Waals surface area contributed by atoms with Crippen molar-refractivity contribution in [2.45, 2.75) is 20.3 Å². The highest BCUT2D eigenvalue weighted by atomic mass is 16.5. The predicted molar refractivity (Wildman–Crippen MR) is 97.4 cm³/mol. The molecular formula is C19H23N3O3. The monoisotopic (exact) mass is 341 g/mol. The lowest BCUT2D eigenvalue weighted by atomic mass is 10.1. The molecule has 0 aliphatic heterocycles. The van der Waals surface area contributed by atoms with Crippen LogP contribution >= 0.6 is 0 Å². The van der Waals surface area contributed by atoms with Gasteiger partial charge in [-0.2, -0.15) is 0 Å². The summed E-state index contributed by atoms with van der Waals surface area (Å²) in [5.74, 6) is 0.0686. The minimum atomic E-state index is -0.320. The molecule has 25 heavy (non-hydrogen) atoms. The topological polar surface area (TPSA) is 79.5 Å². The number of methoxy groups -OCH3 is 1. The van der Waals surface area contributed by atoms with Gasteiger partial charge in [0.15, 0.2) is 0 Å². The molecule has 0 fully saturated rings. The van der Waals surface area contributed by atoms with Crippen LogP contribution in [0.4, 0.5) is 5.69 Å². The summed E-state index contributed by atoms with van der Waals surface area (Å²) in [5.41, 5.74) is 8.74. The van der Waals surface area contributed by atoms with E-state index in [9.17, 15) is 9.59 Å². The molecule has 6 heteroatoms. The Balaban J connectivity index is 1.76. The second-order valence-corrected chi connectivity index (χ2v) is 5.80. The fourth-order valence-corrected chi connectivity index (χ4v) is 2.38. The number of benzene rings is 2. The van der Waals surface area contributed by atoms with E-state index in [0.717, 1.165) is 22.4 Å². The van der Waals surface area contributed by atoms with E-state index >= 15 is 0 Å². The number of aryl methyl sites for hydroxylation is 2. The summed E-state index contributed by atoms with van der Waals surface area (Å²) in [6, 6.07) is 13.2. The lowest BCUT2D eigenvalue weighted by Crippen LogP contribution is -2.44. The van der Waals surface area contributed by atoms with Gasteiger partial charge in [0.2, 0.25) is 5.91 Å². The summed E-state index contributed by atoms with van der Waals surface area (Å²) in [6.07, 6.45) is 0.155. The third-order valence-electron chi connectivity index (χ3n) is 3.66. The Morgan fingerprint density at radius 2 is 1.76 bits per heavy atom. The maximum Gasteiger partial charge on any atom is 0.257 e. The van der Waals surface area contributed by atoms with Crippen LogP contribution in [-0.4, -0.2) is 25.5 Å². The Bertz CT molecular complexity index is 759. The molecule has 3 N–H and O–H groups in total. The van der Waals surface area contributed by atoms with Crippen LogP contribution in [0.5, 0.6) is 5.75 Å². The van der Waals surface area contributed by atoms with Crippen molar-refractivity contribution >= 4 is 17.5 Å². The van der Waals surface area contributed by atoms with E-state index in [2.05, 4.69) is 16.2 Å². The van der Waals surface area contributed by atoms with Crippen molar-refractivity contribution in [1.82, 2.24) is 10.9 Å². The molecule has 0 heterocycles. The van der Waals surface area contributed by atoms with E-state index in [1.54, 1.807) is 13.2 Å². The Morgan fingerprint density at radius 3 is 2.48 bits per heavy atom. The van der Waals surface area contributed by atoms with Crippen molar-refractivity contribution in [3.63, 3.8) is 0 Å². The Hall–Kier alpha value is -3.02. The number of anilines is 1. The zero-order valence-corrected chi connectivity index (χ0v) is 14.7. The fourth-order valence-electron chi connectivity index (χ4n) is 2.38. The summed E-state index contributed by atoms with van der Waals surface area (Å²) in [6.45, 7) is 4.06. The zero-order valence-electron chi connectivity index (χ0n) is 14.7. The van der Waals surface area contributed by atoms with Crippen LogP contribution in [-0.2, 0) is 16.0 Å². The van der Waals surface area contributed by atoms with Gasteiger partial charge in [0.25, 0.3) is 5.91 Å². The molecule has 2 aromatic carbocycles. The number of hydrogen-bond acceptors (Lipinski definition) is 4. The van der Waals surface area contributed by atoms with Crippen LogP contribution in [0.3, 0.4) is 0 Å². The molecular weight excluding hydrogens is 318 g/mol. The van der Waals surface area contributed by atoms with Gasteiger partial charge in [-0.15, -0.1) is 0 Å². The normalized spacial score (nSPS) is 10.0. The smallest absolute Gasteiger partial charge is 0.257 e. The molecule has 2 rings (SSSR count). The number of rotatable bonds is 6. The largest absolute Gasteiger partial charge is 0.497 e. The first-order valence-corrected chi connectivity index (χ1v) is 7.99. The molecule has 0 aliphatic carbocycles. The zero-order chi connectivity index (χ0) is 18.2. The number of ether oxygens (including phenoxy) is 1. The maximum atomic E-state index is 11.9. The Labute approximate surface area is 147 Å². The lowest BCUT2D eigenvalue weighted by molar-refractivity contribution is -0.127. The predicted octanol–water partition coefficient (Wildman–Crippen LogP) is 2.11. The second-order valence-electron chi connectivity index (χ2n) is 5.80. The quantitative estimate of drug-likeness (QED) is 0.703. The fraction of sp³-hybridized carbons (Fsp3) is 0.263. The van der Waals surface area contributed by atoms with Gasteiger partial charge in [-0.1, -0.05) is 29.8 Å². The van der Waals surface area contributed by atoms with Gasteiger partial charge in [0, 0.05) is 5.69 Å². The highest BCUT2D eigenvalue weighted by Crippen LogP contribution is 2.15. The molecule has 6 nitrogen and oxygen atoms in total. The number of hydrazine groups is 1. The van der Waals surface area contributed by atoms with E-state index in [4.69, 9.17) is 4.74 Å². The molecule has 0 aliphatic rings. The van der Waals surface area contributed by atoms with E-state index < -0.39 is 0 Å². The van der Waals surface area contributed by atoms with Crippen LogP contribution in [0.2, 0.25) is 0 Å². The first-order valence-electron chi connectivity index (χ1n) is 7.99. The average molecular weight is 341 g/mol. The summed E-state index contributed by atoms with van der Waals surface area (Å²) >= 11 is 0. The summed E-state index contributed by atoms with van der Waals surface area (Å²) in [7, 11) is 1.57. The lowest BCUT2D eigenvalue weighted by Gasteiger charge is -2.11. The van der Waals surface area contributed by atoms with Crippen LogP contribution in [0.1, 0.15) is 16.7 Å². The SMILES string of the molecule is COc1cccc(CC(=O)NNC(=O)CNc2ccc(C)cc2C)c1. The van der Waals surface area contributed by atoms with E-state index in [1.807, 2.05) is 50.2 Å². The third-order valence-corrected chi connectivity index (χ3v) is 3.66. The number of carbonyl (C=O) groups excluding carboxylic acids is 2. The number of amides is 2. The minimum absolute atomic E-state index is 0.0728. The molecule has 0 aromatic heterocycles. The first kappa shape index (κ1) is 18.3. The van der Waals surface area contributed by atoms with Crippen molar-refractivity contribution in [1.29, 1.82) is 0 Å². The van der Waals surface area contributed by atoms with Crippen LogP contribution in [0.15, 0.2) is 42.5 Å². The first-order chi connectivity index (χ1) is 12.0. The van der Waals surface area contributed by atoms with Crippen molar-refractivity contribution in [2.75, 3.05) is 19.0 Å². The van der Waals surface area contributed by atoms with Crippen molar-refractivity contribution < 1.29 is 14.3 Å². The van der Waals surface area contributed by atoms with Gasteiger partial charge in [-0.25, -0.2) is 0 Å². The molecule has 0 saturated heterocycles. The van der Waals surface area contributed by atoms with Crippen LogP contribution in [0.25, 0.3) is 0 Å². The molecule has 132 valence electrons. The number of hydrogen-bond donors (Lipinski definition) is 3. The van der Waals surface area contributed by atoms with Gasteiger partial charge in [-0.3, -0.25) is 20.4 Å². The van der Waals surface area contributed by atoms with Gasteiger partial charge < -0.3 is 10.1 Å². The van der Waals surface area contributed by atoms with Crippen LogP contribution < -0.4 is 20.9 Å². The standard InChI is InChI=1S/C19H23N3O3/c1-13-7-8-17(14(2)9-13)20-12-19(24)22-21-18(23)11-15-5-4-6-16(10-15)25-3/h4-10,20H,11-12H2,1-3H3,(H,21,23)(H,22,24). The summed E-state index contributed by atoms with van der Waals surface area (Å²) in [5, 5.41) is 3.05. The molecule has 0 saturated carbocycles. The third kappa shape index (κ3) is 5.84. The maximum absolute atomic E-state index is 11.9. The molecule has 0 bridgehead atoms. The van der Waals surface area contributed by atoms with Gasteiger partial charge in [0.1, 0.15) is 5.75 Å². The van der Waals surface area contributed by atoms with Gasteiger partial charge in [0.05, 0.1) is 20.1 Å². The van der Waals surface area contributed by atoms with Gasteiger partial charge in [-0.05, 0) is 43.2 Å². The van der Waals surface area contributed by atoms with Crippen LogP contribution in [0, 0.1) is 13.8 Å². The Morgan fingerprint density at radius 1 is 1.00 bits per heavy atom. The van der Waals surface area contributed by atoms with E-state index in [-0.39, 0.29) is 24.8 Å². The Kier molecular flexibility index (Phi) is 6.39. The average Bonchev–Trinajstić information content (AvgIpc) is 2.59. The molecule has 0 atom stereocenters.